The minimum Gasteiger partial charge on any atom is -0.491 e. The maximum absolute atomic E-state index is 5.67. The lowest BCUT2D eigenvalue weighted by molar-refractivity contribution is 0.260. The van der Waals surface area contributed by atoms with Crippen LogP contribution in [0.2, 0.25) is 0 Å². The Morgan fingerprint density at radius 1 is 1.00 bits per heavy atom. The van der Waals surface area contributed by atoms with Crippen molar-refractivity contribution in [3.8, 4) is 17.0 Å². The molecule has 2 rings (SSSR count). The van der Waals surface area contributed by atoms with Crippen molar-refractivity contribution in [1.29, 1.82) is 0 Å². The number of aromatic nitrogens is 1. The van der Waals surface area contributed by atoms with Crippen LogP contribution >= 0.6 is 0 Å². The van der Waals surface area contributed by atoms with Crippen LogP contribution < -0.4 is 4.74 Å². The van der Waals surface area contributed by atoms with Crippen LogP contribution in [0.25, 0.3) is 11.3 Å². The van der Waals surface area contributed by atoms with Gasteiger partial charge in [-0.25, -0.2) is 0 Å². The van der Waals surface area contributed by atoms with Gasteiger partial charge in [0.1, 0.15) is 12.4 Å². The third kappa shape index (κ3) is 4.57. The van der Waals surface area contributed by atoms with E-state index < -0.39 is 0 Å². The van der Waals surface area contributed by atoms with Crippen molar-refractivity contribution < 1.29 is 4.74 Å². The molecule has 0 bridgehead atoms. The Morgan fingerprint density at radius 2 is 1.68 bits per heavy atom. The van der Waals surface area contributed by atoms with E-state index in [2.05, 4.69) is 54.9 Å². The molecule has 0 fully saturated rings. The van der Waals surface area contributed by atoms with Crippen LogP contribution in [-0.4, -0.2) is 37.1 Å². The zero-order valence-electron chi connectivity index (χ0n) is 14.3. The van der Waals surface area contributed by atoms with E-state index >= 15 is 0 Å². The molecule has 1 aromatic carbocycles. The first-order valence-corrected chi connectivity index (χ1v) is 7.71. The first kappa shape index (κ1) is 16.5. The van der Waals surface area contributed by atoms with Crippen LogP contribution in [0.1, 0.15) is 26.3 Å². The van der Waals surface area contributed by atoms with E-state index in [0.717, 1.165) is 23.6 Å². The molecule has 0 atom stereocenters. The van der Waals surface area contributed by atoms with Crippen molar-refractivity contribution in [2.24, 2.45) is 0 Å². The molecule has 3 heteroatoms. The first-order valence-electron chi connectivity index (χ1n) is 7.71. The molecule has 0 N–H and O–H groups in total. The molecule has 0 saturated heterocycles. The van der Waals surface area contributed by atoms with Gasteiger partial charge >= 0.3 is 0 Å². The maximum Gasteiger partial charge on any atom is 0.137 e. The molecule has 1 aromatic heterocycles. The topological polar surface area (TPSA) is 25.4 Å². The molecule has 0 radical (unpaired) electrons. The SMILES string of the molecule is CN(C)CCOc1ccc(-c2ccc(C(C)(C)C)cc2)nc1. The number of hydrogen-bond acceptors (Lipinski definition) is 3. The summed E-state index contributed by atoms with van der Waals surface area (Å²) in [6.45, 7) is 8.24. The van der Waals surface area contributed by atoms with Crippen LogP contribution in [0.15, 0.2) is 42.6 Å². The Bertz CT molecular complexity index is 580. The van der Waals surface area contributed by atoms with E-state index in [1.165, 1.54) is 5.56 Å². The summed E-state index contributed by atoms with van der Waals surface area (Å²) in [5, 5.41) is 0. The second kappa shape index (κ2) is 6.93. The summed E-state index contributed by atoms with van der Waals surface area (Å²) in [5.74, 6) is 0.817. The summed E-state index contributed by atoms with van der Waals surface area (Å²) in [6.07, 6.45) is 1.79. The highest BCUT2D eigenvalue weighted by atomic mass is 16.5. The van der Waals surface area contributed by atoms with Crippen LogP contribution in [0, 0.1) is 0 Å². The molecular weight excluding hydrogens is 272 g/mol. The average molecular weight is 298 g/mol. The summed E-state index contributed by atoms with van der Waals surface area (Å²) < 4.78 is 5.67. The van der Waals surface area contributed by atoms with E-state index in [9.17, 15) is 0 Å². The van der Waals surface area contributed by atoms with Gasteiger partial charge in [-0.15, -0.1) is 0 Å². The zero-order valence-corrected chi connectivity index (χ0v) is 14.3. The van der Waals surface area contributed by atoms with Crippen molar-refractivity contribution in [1.82, 2.24) is 9.88 Å². The lowest BCUT2D eigenvalue weighted by atomic mass is 9.86. The molecule has 3 nitrogen and oxygen atoms in total. The predicted octanol–water partition coefficient (Wildman–Crippen LogP) is 3.99. The highest BCUT2D eigenvalue weighted by molar-refractivity contribution is 5.60. The van der Waals surface area contributed by atoms with Crippen molar-refractivity contribution >= 4 is 0 Å². The first-order chi connectivity index (χ1) is 10.4. The molecule has 118 valence electrons. The van der Waals surface area contributed by atoms with Crippen molar-refractivity contribution in [2.45, 2.75) is 26.2 Å². The number of benzene rings is 1. The second-order valence-electron chi connectivity index (χ2n) is 6.86. The normalized spacial score (nSPS) is 11.7. The van der Waals surface area contributed by atoms with E-state index in [-0.39, 0.29) is 5.41 Å². The van der Waals surface area contributed by atoms with Gasteiger partial charge in [-0.1, -0.05) is 45.0 Å². The average Bonchev–Trinajstić information content (AvgIpc) is 2.47. The van der Waals surface area contributed by atoms with Crippen molar-refractivity contribution in [2.75, 3.05) is 27.2 Å². The Kier molecular flexibility index (Phi) is 5.19. The minimum absolute atomic E-state index is 0.177. The van der Waals surface area contributed by atoms with E-state index in [0.29, 0.717) is 6.61 Å². The third-order valence-corrected chi connectivity index (χ3v) is 3.59. The second-order valence-corrected chi connectivity index (χ2v) is 6.86. The highest BCUT2D eigenvalue weighted by Crippen LogP contribution is 2.25. The maximum atomic E-state index is 5.67. The highest BCUT2D eigenvalue weighted by Gasteiger charge is 2.13. The lowest BCUT2D eigenvalue weighted by Crippen LogP contribution is -2.19. The van der Waals surface area contributed by atoms with Gasteiger partial charge in [0.2, 0.25) is 0 Å². The van der Waals surface area contributed by atoms with Gasteiger partial charge in [-0.3, -0.25) is 4.98 Å². The summed E-state index contributed by atoms with van der Waals surface area (Å²) in [4.78, 5) is 6.60. The molecule has 0 amide bonds. The zero-order chi connectivity index (χ0) is 16.2. The standard InChI is InChI=1S/C19H26N2O/c1-19(2,3)16-8-6-15(7-9-16)18-11-10-17(14-20-18)22-13-12-21(4)5/h6-11,14H,12-13H2,1-5H3. The summed E-state index contributed by atoms with van der Waals surface area (Å²) in [7, 11) is 4.07. The number of rotatable bonds is 5. The van der Waals surface area contributed by atoms with Gasteiger partial charge in [0.25, 0.3) is 0 Å². The van der Waals surface area contributed by atoms with Crippen molar-refractivity contribution in [3.63, 3.8) is 0 Å². The Labute approximate surface area is 134 Å². The van der Waals surface area contributed by atoms with Gasteiger partial charge in [-0.2, -0.15) is 0 Å². The number of nitrogens with zero attached hydrogens (tertiary/aromatic N) is 2. The van der Waals surface area contributed by atoms with E-state index in [4.69, 9.17) is 4.74 Å². The quantitative estimate of drug-likeness (QED) is 0.834. The van der Waals surface area contributed by atoms with Gasteiger partial charge in [0, 0.05) is 12.1 Å². The lowest BCUT2D eigenvalue weighted by Gasteiger charge is -2.19. The summed E-state index contributed by atoms with van der Waals surface area (Å²) in [6, 6.07) is 12.6. The minimum atomic E-state index is 0.177. The van der Waals surface area contributed by atoms with Crippen molar-refractivity contribution in [3.05, 3.63) is 48.2 Å². The van der Waals surface area contributed by atoms with E-state index in [1.54, 1.807) is 6.20 Å². The largest absolute Gasteiger partial charge is 0.491 e. The molecule has 2 aromatic rings. The number of ether oxygens (including phenoxy) is 1. The molecule has 0 aliphatic rings. The molecule has 1 heterocycles. The molecule has 0 spiro atoms. The van der Waals surface area contributed by atoms with Crippen LogP contribution in [0.5, 0.6) is 5.75 Å². The fraction of sp³-hybridized carbons (Fsp3) is 0.421. The number of pyridine rings is 1. The fourth-order valence-corrected chi connectivity index (χ4v) is 2.12. The van der Waals surface area contributed by atoms with Gasteiger partial charge < -0.3 is 9.64 Å². The third-order valence-electron chi connectivity index (χ3n) is 3.59. The number of likely N-dealkylation sites (N-methyl/N-ethyl adjacent to an activating group) is 1. The van der Waals surface area contributed by atoms with Gasteiger partial charge in [-0.05, 0) is 37.2 Å². The Balaban J connectivity index is 2.04. The molecule has 0 saturated carbocycles. The Hall–Kier alpha value is -1.87. The monoisotopic (exact) mass is 298 g/mol. The molecular formula is C19H26N2O. The molecule has 0 unspecified atom stereocenters. The van der Waals surface area contributed by atoms with Crippen LogP contribution in [0.3, 0.4) is 0 Å². The molecule has 0 aliphatic carbocycles. The summed E-state index contributed by atoms with van der Waals surface area (Å²) >= 11 is 0. The van der Waals surface area contributed by atoms with Gasteiger partial charge in [0.05, 0.1) is 11.9 Å². The number of hydrogen-bond donors (Lipinski definition) is 0. The van der Waals surface area contributed by atoms with E-state index in [1.807, 2.05) is 26.2 Å². The smallest absolute Gasteiger partial charge is 0.137 e. The van der Waals surface area contributed by atoms with Crippen LogP contribution in [-0.2, 0) is 5.41 Å². The van der Waals surface area contributed by atoms with Gasteiger partial charge in [0.15, 0.2) is 0 Å². The fourth-order valence-electron chi connectivity index (χ4n) is 2.12. The van der Waals surface area contributed by atoms with Crippen LogP contribution in [0.4, 0.5) is 0 Å². The molecule has 0 aliphatic heterocycles. The predicted molar refractivity (Wildman–Crippen MR) is 92.4 cm³/mol. The Morgan fingerprint density at radius 3 is 2.18 bits per heavy atom. The molecule has 22 heavy (non-hydrogen) atoms. The summed E-state index contributed by atoms with van der Waals surface area (Å²) in [5.41, 5.74) is 3.61.